The van der Waals surface area contributed by atoms with Gasteiger partial charge in [0.15, 0.2) is 0 Å². The summed E-state index contributed by atoms with van der Waals surface area (Å²) in [5.41, 5.74) is 3.83. The van der Waals surface area contributed by atoms with Crippen molar-refractivity contribution >= 4 is 29.9 Å². The highest BCUT2D eigenvalue weighted by molar-refractivity contribution is 5.99. The molecule has 4 fully saturated rings. The SMILES string of the molecule is Cc1cccc(CN(C)C(=O)[C@@H](CC(=O)N2CCC(N3CCCCC3)CC2)N2C(=O)[C@@H](N3C(=O)OC[C@@H]3c3ccccc3)[C@H]2/C=C/c2ccccc2)c1. The second-order valence-electron chi connectivity index (χ2n) is 15.0. The Bertz CT molecular complexity index is 1790. The van der Waals surface area contributed by atoms with Crippen molar-refractivity contribution < 1.29 is 23.9 Å². The van der Waals surface area contributed by atoms with Gasteiger partial charge >= 0.3 is 6.09 Å². The van der Waals surface area contributed by atoms with Gasteiger partial charge in [-0.2, -0.15) is 0 Å². The van der Waals surface area contributed by atoms with Crippen LogP contribution in [-0.4, -0.2) is 112 Å². The first kappa shape index (κ1) is 36.4. The number of nitrogens with zero attached hydrogens (tertiary/aromatic N) is 5. The predicted octanol–water partition coefficient (Wildman–Crippen LogP) is 5.68. The zero-order chi connectivity index (χ0) is 36.9. The number of aryl methyl sites for hydroxylation is 1. The molecule has 4 atom stereocenters. The zero-order valence-corrected chi connectivity index (χ0v) is 30.9. The van der Waals surface area contributed by atoms with Gasteiger partial charge in [-0.15, -0.1) is 0 Å². The normalized spacial score (nSPS) is 23.2. The summed E-state index contributed by atoms with van der Waals surface area (Å²) in [7, 11) is 1.73. The van der Waals surface area contributed by atoms with Gasteiger partial charge in [-0.1, -0.05) is 109 Å². The number of likely N-dealkylation sites (N-methyl/N-ethyl adjacent to an activating group) is 1. The highest BCUT2D eigenvalue weighted by Gasteiger charge is 2.58. The minimum atomic E-state index is -1.06. The maximum atomic E-state index is 14.6. The number of ether oxygens (including phenoxy) is 1. The lowest BCUT2D eigenvalue weighted by Crippen LogP contribution is -2.74. The molecule has 0 aromatic heterocycles. The molecular weight excluding hydrogens is 667 g/mol. The lowest BCUT2D eigenvalue weighted by molar-refractivity contribution is -0.167. The number of carbonyl (C=O) groups is 4. The van der Waals surface area contributed by atoms with Gasteiger partial charge in [0.2, 0.25) is 17.7 Å². The molecule has 0 saturated carbocycles. The van der Waals surface area contributed by atoms with Gasteiger partial charge in [-0.05, 0) is 62.4 Å². The molecule has 278 valence electrons. The number of hydrogen-bond donors (Lipinski definition) is 0. The van der Waals surface area contributed by atoms with Crippen molar-refractivity contribution in [2.24, 2.45) is 0 Å². The van der Waals surface area contributed by atoms with Crippen LogP contribution >= 0.6 is 0 Å². The molecule has 0 aliphatic carbocycles. The number of β-lactam (4-membered cyclic amide) rings is 1. The molecule has 4 amide bonds. The Labute approximate surface area is 313 Å². The average molecular weight is 718 g/mol. The van der Waals surface area contributed by atoms with Crippen molar-refractivity contribution in [2.45, 2.75) is 82.2 Å². The molecule has 10 nitrogen and oxygen atoms in total. The van der Waals surface area contributed by atoms with Gasteiger partial charge in [-0.3, -0.25) is 19.3 Å². The number of likely N-dealkylation sites (tertiary alicyclic amines) is 3. The van der Waals surface area contributed by atoms with Crippen molar-refractivity contribution in [3.63, 3.8) is 0 Å². The van der Waals surface area contributed by atoms with Gasteiger partial charge in [0.05, 0.1) is 18.5 Å². The molecule has 7 rings (SSSR count). The van der Waals surface area contributed by atoms with Crippen LogP contribution in [0.2, 0.25) is 0 Å². The summed E-state index contributed by atoms with van der Waals surface area (Å²) >= 11 is 0. The number of piperidine rings is 2. The van der Waals surface area contributed by atoms with Gasteiger partial charge in [0.1, 0.15) is 18.7 Å². The fourth-order valence-corrected chi connectivity index (χ4v) is 8.58. The van der Waals surface area contributed by atoms with Crippen molar-refractivity contribution in [3.8, 4) is 0 Å². The van der Waals surface area contributed by atoms with E-state index in [4.69, 9.17) is 4.74 Å². The summed E-state index contributed by atoms with van der Waals surface area (Å²) in [6, 6.07) is 24.7. The first-order valence-electron chi connectivity index (χ1n) is 19.2. The summed E-state index contributed by atoms with van der Waals surface area (Å²) in [4.78, 5) is 65.9. The number of carbonyl (C=O) groups excluding carboxylic acids is 4. The third-order valence-electron chi connectivity index (χ3n) is 11.4. The molecule has 0 bridgehead atoms. The average Bonchev–Trinajstić information content (AvgIpc) is 3.56. The number of amides is 4. The Hall–Kier alpha value is -4.96. The standard InChI is InChI=1S/C43H51N5O5/c1-31-13-12-16-33(27-31)29-44(2)41(50)37(28-39(49)46-25-21-35(22-26-46)45-23-10-5-11-24-45)47-36(20-19-32-14-6-3-7-15-32)40(42(47)51)48-38(30-53-43(48)52)34-17-8-4-9-18-34/h3-4,6-9,12-20,27,35-38,40H,5,10-11,21-26,28-30H2,1-2H3/b20-19+/t36-,37-,38-,40+/m1/s1. The van der Waals surface area contributed by atoms with Crippen LogP contribution in [0.3, 0.4) is 0 Å². The molecule has 53 heavy (non-hydrogen) atoms. The van der Waals surface area contributed by atoms with E-state index in [1.165, 1.54) is 24.2 Å². The van der Waals surface area contributed by atoms with Crippen molar-refractivity contribution in [1.82, 2.24) is 24.5 Å². The molecule has 10 heteroatoms. The summed E-state index contributed by atoms with van der Waals surface area (Å²) in [5.74, 6) is -0.808. The number of hydrogen-bond acceptors (Lipinski definition) is 6. The van der Waals surface area contributed by atoms with Crippen LogP contribution in [0.4, 0.5) is 4.79 Å². The fraction of sp³-hybridized carbons (Fsp3) is 0.442. The number of benzene rings is 3. The topological polar surface area (TPSA) is 93.7 Å². The van der Waals surface area contributed by atoms with Crippen LogP contribution < -0.4 is 0 Å². The lowest BCUT2D eigenvalue weighted by atomic mass is 9.87. The largest absolute Gasteiger partial charge is 0.447 e. The molecule has 0 spiro atoms. The molecule has 4 aliphatic rings. The maximum Gasteiger partial charge on any atom is 0.411 e. The van der Waals surface area contributed by atoms with E-state index in [1.54, 1.807) is 16.8 Å². The van der Waals surface area contributed by atoms with Crippen LogP contribution in [0.25, 0.3) is 6.08 Å². The van der Waals surface area contributed by atoms with Gasteiger partial charge in [0.25, 0.3) is 0 Å². The minimum Gasteiger partial charge on any atom is -0.447 e. The van der Waals surface area contributed by atoms with Crippen molar-refractivity contribution in [1.29, 1.82) is 0 Å². The highest BCUT2D eigenvalue weighted by Crippen LogP contribution is 2.39. The van der Waals surface area contributed by atoms with E-state index in [0.717, 1.165) is 48.2 Å². The Morgan fingerprint density at radius 1 is 0.887 bits per heavy atom. The third-order valence-corrected chi connectivity index (χ3v) is 11.4. The molecule has 4 aliphatic heterocycles. The number of cyclic esters (lactones) is 1. The lowest BCUT2D eigenvalue weighted by Gasteiger charge is -2.52. The first-order valence-corrected chi connectivity index (χ1v) is 19.2. The van der Waals surface area contributed by atoms with Gasteiger partial charge in [0, 0.05) is 32.7 Å². The monoisotopic (exact) mass is 717 g/mol. The van der Waals surface area contributed by atoms with E-state index < -0.39 is 30.3 Å². The van der Waals surface area contributed by atoms with E-state index >= 15 is 0 Å². The molecule has 4 saturated heterocycles. The predicted molar refractivity (Wildman–Crippen MR) is 203 cm³/mol. The van der Waals surface area contributed by atoms with Crippen LogP contribution in [0.5, 0.6) is 0 Å². The molecule has 0 unspecified atom stereocenters. The Morgan fingerprint density at radius 3 is 2.28 bits per heavy atom. The quantitative estimate of drug-likeness (QED) is 0.237. The van der Waals surface area contributed by atoms with Crippen LogP contribution in [-0.2, 0) is 25.7 Å². The third kappa shape index (κ3) is 8.03. The number of rotatable bonds is 11. The van der Waals surface area contributed by atoms with E-state index in [2.05, 4.69) is 4.90 Å². The Balaban J connectivity index is 1.18. The smallest absolute Gasteiger partial charge is 0.411 e. The minimum absolute atomic E-state index is 0.120. The molecule has 3 aromatic rings. The van der Waals surface area contributed by atoms with E-state index in [0.29, 0.717) is 25.7 Å². The van der Waals surface area contributed by atoms with Crippen LogP contribution in [0.1, 0.15) is 66.8 Å². The summed E-state index contributed by atoms with van der Waals surface area (Å²) < 4.78 is 5.56. The molecule has 0 N–H and O–H groups in total. The van der Waals surface area contributed by atoms with Gasteiger partial charge < -0.3 is 24.3 Å². The Morgan fingerprint density at radius 2 is 1.58 bits per heavy atom. The summed E-state index contributed by atoms with van der Waals surface area (Å²) in [6.07, 6.45) is 8.66. The first-order chi connectivity index (χ1) is 25.8. The van der Waals surface area contributed by atoms with E-state index in [9.17, 15) is 19.2 Å². The molecule has 4 heterocycles. The molecule has 3 aromatic carbocycles. The van der Waals surface area contributed by atoms with Crippen molar-refractivity contribution in [3.05, 3.63) is 113 Å². The van der Waals surface area contributed by atoms with E-state index in [1.807, 2.05) is 109 Å². The summed E-state index contributed by atoms with van der Waals surface area (Å²) in [6.45, 7) is 5.96. The molecule has 0 radical (unpaired) electrons. The van der Waals surface area contributed by atoms with Gasteiger partial charge in [-0.25, -0.2) is 4.79 Å². The zero-order valence-electron chi connectivity index (χ0n) is 30.9. The van der Waals surface area contributed by atoms with Crippen molar-refractivity contribution in [2.75, 3.05) is 39.8 Å². The van der Waals surface area contributed by atoms with E-state index in [-0.39, 0.29) is 30.7 Å². The molecular formula is C43H51N5O5. The summed E-state index contributed by atoms with van der Waals surface area (Å²) in [5, 5.41) is 0. The second kappa shape index (κ2) is 16.4. The maximum absolute atomic E-state index is 14.6. The fourth-order valence-electron chi connectivity index (χ4n) is 8.58. The van der Waals surface area contributed by atoms with Crippen LogP contribution in [0, 0.1) is 6.92 Å². The van der Waals surface area contributed by atoms with Crippen LogP contribution in [0.15, 0.2) is 91.0 Å². The second-order valence-corrected chi connectivity index (χ2v) is 15.0. The highest BCUT2D eigenvalue weighted by atomic mass is 16.6. The Kier molecular flexibility index (Phi) is 11.2.